The maximum atomic E-state index is 11.6. The van der Waals surface area contributed by atoms with E-state index in [2.05, 4.69) is 15.6 Å². The second kappa shape index (κ2) is 5.53. The third-order valence-electron chi connectivity index (χ3n) is 2.58. The summed E-state index contributed by atoms with van der Waals surface area (Å²) in [7, 11) is 0. The maximum absolute atomic E-state index is 11.6. The van der Waals surface area contributed by atoms with Crippen LogP contribution in [0, 0.1) is 0 Å². The van der Waals surface area contributed by atoms with Crippen LogP contribution in [0.4, 0.5) is 5.69 Å². The lowest BCUT2D eigenvalue weighted by Crippen LogP contribution is -2.38. The van der Waals surface area contributed by atoms with E-state index in [1.54, 1.807) is 18.3 Å². The number of fused-ring (bicyclic) bond motifs is 1. The number of hydrogen-bond donors (Lipinski definition) is 4. The largest absolute Gasteiger partial charge is 0.392 e. The van der Waals surface area contributed by atoms with E-state index < -0.39 is 17.9 Å². The van der Waals surface area contributed by atoms with Gasteiger partial charge in [-0.25, -0.2) is 0 Å². The van der Waals surface area contributed by atoms with E-state index >= 15 is 0 Å². The first kappa shape index (κ1) is 13.1. The van der Waals surface area contributed by atoms with E-state index in [0.717, 1.165) is 10.9 Å². The summed E-state index contributed by atoms with van der Waals surface area (Å²) in [5, 5.41) is 14.8. The van der Waals surface area contributed by atoms with Crippen LogP contribution in [0.2, 0.25) is 0 Å². The molecular formula is C13H15N3O3. The van der Waals surface area contributed by atoms with Gasteiger partial charge in [-0.05, 0) is 31.2 Å². The minimum Gasteiger partial charge on any atom is -0.392 e. The summed E-state index contributed by atoms with van der Waals surface area (Å²) in [5.74, 6) is -1.52. The summed E-state index contributed by atoms with van der Waals surface area (Å²) in [6, 6.07) is 7.17. The molecule has 0 saturated heterocycles. The van der Waals surface area contributed by atoms with Crippen LogP contribution >= 0.6 is 0 Å². The fourth-order valence-electron chi connectivity index (χ4n) is 1.64. The molecular weight excluding hydrogens is 246 g/mol. The molecule has 1 atom stereocenters. The van der Waals surface area contributed by atoms with Gasteiger partial charge < -0.3 is 20.7 Å². The van der Waals surface area contributed by atoms with Crippen molar-refractivity contribution >= 4 is 28.4 Å². The minimum absolute atomic E-state index is 0.0447. The summed E-state index contributed by atoms with van der Waals surface area (Å²) in [5.41, 5.74) is 1.50. The molecule has 1 aromatic carbocycles. The number of H-pyrrole nitrogens is 1. The smallest absolute Gasteiger partial charge is 0.313 e. The predicted molar refractivity (Wildman–Crippen MR) is 71.6 cm³/mol. The number of rotatable bonds is 3. The molecule has 0 fully saturated rings. The molecule has 0 saturated carbocycles. The maximum Gasteiger partial charge on any atom is 0.313 e. The highest BCUT2D eigenvalue weighted by Gasteiger charge is 2.14. The van der Waals surface area contributed by atoms with E-state index in [1.807, 2.05) is 12.1 Å². The average molecular weight is 261 g/mol. The third-order valence-corrected chi connectivity index (χ3v) is 2.58. The van der Waals surface area contributed by atoms with Gasteiger partial charge in [-0.15, -0.1) is 0 Å². The number of carbonyl (C=O) groups is 2. The van der Waals surface area contributed by atoms with Crippen LogP contribution in [0.5, 0.6) is 0 Å². The molecule has 2 amide bonds. The highest BCUT2D eigenvalue weighted by Crippen LogP contribution is 2.17. The number of benzene rings is 1. The van der Waals surface area contributed by atoms with Crippen molar-refractivity contribution < 1.29 is 14.7 Å². The average Bonchev–Trinajstić information content (AvgIpc) is 2.83. The Morgan fingerprint density at radius 2 is 2.11 bits per heavy atom. The van der Waals surface area contributed by atoms with Crippen molar-refractivity contribution in [3.05, 3.63) is 30.5 Å². The van der Waals surface area contributed by atoms with Gasteiger partial charge in [-0.2, -0.15) is 0 Å². The Bertz CT molecular complexity index is 604. The molecule has 0 aliphatic rings. The molecule has 4 N–H and O–H groups in total. The van der Waals surface area contributed by atoms with Crippen LogP contribution in [0.1, 0.15) is 6.92 Å². The Hall–Kier alpha value is -2.34. The Morgan fingerprint density at radius 1 is 1.32 bits per heavy atom. The van der Waals surface area contributed by atoms with Crippen molar-refractivity contribution in [2.45, 2.75) is 13.0 Å². The van der Waals surface area contributed by atoms with Gasteiger partial charge in [0.1, 0.15) is 0 Å². The summed E-state index contributed by atoms with van der Waals surface area (Å²) in [4.78, 5) is 26.0. The predicted octanol–water partition coefficient (Wildman–Crippen LogP) is 0.603. The Kier molecular flexibility index (Phi) is 3.82. The van der Waals surface area contributed by atoms with E-state index in [0.29, 0.717) is 5.69 Å². The number of aliphatic hydroxyl groups excluding tert-OH is 1. The van der Waals surface area contributed by atoms with Gasteiger partial charge in [0.2, 0.25) is 0 Å². The fourth-order valence-corrected chi connectivity index (χ4v) is 1.64. The van der Waals surface area contributed by atoms with Gasteiger partial charge in [-0.3, -0.25) is 9.59 Å². The SMILES string of the molecule is CC(O)CNC(=O)C(=O)Nc1ccc2[nH]ccc2c1. The zero-order chi connectivity index (χ0) is 13.8. The lowest BCUT2D eigenvalue weighted by atomic mass is 10.2. The number of aliphatic hydroxyl groups is 1. The van der Waals surface area contributed by atoms with Crippen LogP contribution in [-0.4, -0.2) is 34.6 Å². The summed E-state index contributed by atoms with van der Waals surface area (Å²) < 4.78 is 0. The highest BCUT2D eigenvalue weighted by molar-refractivity contribution is 6.39. The Balaban J connectivity index is 1.99. The van der Waals surface area contributed by atoms with Crippen LogP contribution in [-0.2, 0) is 9.59 Å². The second-order valence-corrected chi connectivity index (χ2v) is 4.29. The number of nitrogens with one attached hydrogen (secondary N) is 3. The molecule has 1 heterocycles. The zero-order valence-electron chi connectivity index (χ0n) is 10.4. The molecule has 100 valence electrons. The lowest BCUT2D eigenvalue weighted by molar-refractivity contribution is -0.136. The van der Waals surface area contributed by atoms with Crippen LogP contribution < -0.4 is 10.6 Å². The first-order chi connectivity index (χ1) is 9.06. The van der Waals surface area contributed by atoms with Gasteiger partial charge in [-0.1, -0.05) is 0 Å². The first-order valence-corrected chi connectivity index (χ1v) is 5.90. The third kappa shape index (κ3) is 3.32. The topological polar surface area (TPSA) is 94.2 Å². The van der Waals surface area contributed by atoms with Crippen LogP contribution in [0.3, 0.4) is 0 Å². The molecule has 1 unspecified atom stereocenters. The molecule has 6 heteroatoms. The number of anilines is 1. The molecule has 6 nitrogen and oxygen atoms in total. The van der Waals surface area contributed by atoms with Crippen molar-refractivity contribution in [2.24, 2.45) is 0 Å². The Morgan fingerprint density at radius 3 is 2.84 bits per heavy atom. The molecule has 1 aromatic heterocycles. The standard InChI is InChI=1S/C13H15N3O3/c1-8(17)7-15-12(18)13(19)16-10-2-3-11-9(6-10)4-5-14-11/h2-6,8,14,17H,7H2,1H3,(H,15,18)(H,16,19). The van der Waals surface area contributed by atoms with Crippen molar-refractivity contribution in [1.82, 2.24) is 10.3 Å². The number of carbonyl (C=O) groups excluding carboxylic acids is 2. The van der Waals surface area contributed by atoms with Gasteiger partial charge in [0, 0.05) is 29.3 Å². The number of aromatic amines is 1. The van der Waals surface area contributed by atoms with E-state index in [-0.39, 0.29) is 6.54 Å². The number of hydrogen-bond acceptors (Lipinski definition) is 3. The van der Waals surface area contributed by atoms with Crippen molar-refractivity contribution in [3.63, 3.8) is 0 Å². The van der Waals surface area contributed by atoms with Crippen molar-refractivity contribution in [1.29, 1.82) is 0 Å². The summed E-state index contributed by atoms with van der Waals surface area (Å²) in [6.45, 7) is 1.57. The monoisotopic (exact) mass is 261 g/mol. The minimum atomic E-state index is -0.768. The molecule has 0 spiro atoms. The van der Waals surface area contributed by atoms with Crippen molar-refractivity contribution in [2.75, 3.05) is 11.9 Å². The number of amides is 2. The van der Waals surface area contributed by atoms with Gasteiger partial charge in [0.05, 0.1) is 6.10 Å². The molecule has 2 rings (SSSR count). The summed E-state index contributed by atoms with van der Waals surface area (Å²) in [6.07, 6.45) is 1.11. The van der Waals surface area contributed by atoms with Gasteiger partial charge >= 0.3 is 11.8 Å². The van der Waals surface area contributed by atoms with Gasteiger partial charge in [0.25, 0.3) is 0 Å². The zero-order valence-corrected chi connectivity index (χ0v) is 10.4. The molecule has 2 aromatic rings. The van der Waals surface area contributed by atoms with Crippen LogP contribution in [0.25, 0.3) is 10.9 Å². The summed E-state index contributed by atoms with van der Waals surface area (Å²) >= 11 is 0. The molecule has 0 aliphatic carbocycles. The quantitative estimate of drug-likeness (QED) is 0.609. The van der Waals surface area contributed by atoms with E-state index in [4.69, 9.17) is 5.11 Å². The number of aromatic nitrogens is 1. The van der Waals surface area contributed by atoms with E-state index in [9.17, 15) is 9.59 Å². The molecule has 0 aliphatic heterocycles. The molecule has 0 radical (unpaired) electrons. The molecule has 0 bridgehead atoms. The highest BCUT2D eigenvalue weighted by atomic mass is 16.3. The molecule has 19 heavy (non-hydrogen) atoms. The van der Waals surface area contributed by atoms with Gasteiger partial charge in [0.15, 0.2) is 0 Å². The normalized spacial score (nSPS) is 12.1. The van der Waals surface area contributed by atoms with Crippen LogP contribution in [0.15, 0.2) is 30.5 Å². The second-order valence-electron chi connectivity index (χ2n) is 4.29. The van der Waals surface area contributed by atoms with E-state index in [1.165, 1.54) is 6.92 Å². The Labute approximate surface area is 109 Å². The van der Waals surface area contributed by atoms with Crippen molar-refractivity contribution in [3.8, 4) is 0 Å². The lowest BCUT2D eigenvalue weighted by Gasteiger charge is -2.07. The first-order valence-electron chi connectivity index (χ1n) is 5.90. The fraction of sp³-hybridized carbons (Fsp3) is 0.231.